The molecule has 0 saturated heterocycles. The number of carbonyl (C=O) groups excluding carboxylic acids is 2. The first-order valence-electron chi connectivity index (χ1n) is 21.8. The van der Waals surface area contributed by atoms with Crippen LogP contribution in [0.15, 0.2) is 60.8 Å². The van der Waals surface area contributed by atoms with Crippen molar-refractivity contribution in [1.82, 2.24) is 5.32 Å². The molecule has 0 aromatic carbocycles. The van der Waals surface area contributed by atoms with E-state index in [2.05, 4.69) is 79.9 Å². The van der Waals surface area contributed by atoms with Gasteiger partial charge < -0.3 is 20.1 Å². The van der Waals surface area contributed by atoms with E-state index in [1.54, 1.807) is 0 Å². The van der Waals surface area contributed by atoms with Crippen molar-refractivity contribution in [2.24, 2.45) is 0 Å². The monoisotopic (exact) mass is 794 g/mol. The Kier molecular flexibility index (Phi) is 39.6. The minimum absolute atomic E-state index is 0.0710. The van der Waals surface area contributed by atoms with E-state index in [1.165, 1.54) is 77.0 Å². The van der Waals surface area contributed by atoms with E-state index in [1.807, 2.05) is 0 Å². The molecule has 0 saturated carbocycles. The lowest BCUT2D eigenvalue weighted by Gasteiger charge is -2.15. The number of hydrogen-bond acceptors (Lipinski definition) is 7. The van der Waals surface area contributed by atoms with Crippen LogP contribution >= 0.6 is 7.82 Å². The van der Waals surface area contributed by atoms with Crippen molar-refractivity contribution in [3.8, 4) is 0 Å². The van der Waals surface area contributed by atoms with E-state index in [0.29, 0.717) is 12.8 Å². The molecule has 2 atom stereocenters. The van der Waals surface area contributed by atoms with Gasteiger partial charge >= 0.3 is 13.8 Å². The van der Waals surface area contributed by atoms with Gasteiger partial charge in [-0.15, -0.1) is 0 Å². The zero-order chi connectivity index (χ0) is 40.3. The summed E-state index contributed by atoms with van der Waals surface area (Å²) in [5.74, 6) is -0.559. The molecule has 318 valence electrons. The molecule has 0 aliphatic rings. The highest BCUT2D eigenvalue weighted by Crippen LogP contribution is 2.42. The van der Waals surface area contributed by atoms with Gasteiger partial charge in [-0.3, -0.25) is 18.6 Å². The molecule has 0 aromatic heterocycles. The van der Waals surface area contributed by atoms with Crippen molar-refractivity contribution in [3.05, 3.63) is 60.8 Å². The molecule has 0 aliphatic heterocycles. The molecule has 55 heavy (non-hydrogen) atoms. The summed E-state index contributed by atoms with van der Waals surface area (Å²) >= 11 is 0. The Bertz CT molecular complexity index is 1090. The summed E-state index contributed by atoms with van der Waals surface area (Å²) in [5, 5.41) is 12.7. The van der Waals surface area contributed by atoms with Crippen molar-refractivity contribution >= 4 is 19.7 Å². The number of ether oxygens (including phenoxy) is 1. The largest absolute Gasteiger partial charge is 0.472 e. The molecule has 0 radical (unpaired) electrons. The summed E-state index contributed by atoms with van der Waals surface area (Å²) in [6.07, 6.45) is 48.6. The smallest absolute Gasteiger partial charge is 0.463 e. The summed E-state index contributed by atoms with van der Waals surface area (Å²) in [4.78, 5) is 33.9. The van der Waals surface area contributed by atoms with E-state index in [0.717, 1.165) is 70.6 Å². The van der Waals surface area contributed by atoms with E-state index in [9.17, 15) is 24.2 Å². The first-order chi connectivity index (χ1) is 26.8. The number of phosphoric ester groups is 1. The Morgan fingerprint density at radius 1 is 0.564 bits per heavy atom. The number of unbranched alkanes of at least 4 members (excludes halogenated alkanes) is 17. The van der Waals surface area contributed by atoms with E-state index >= 15 is 0 Å². The summed E-state index contributed by atoms with van der Waals surface area (Å²) in [5.41, 5.74) is 0. The predicted molar refractivity (Wildman–Crippen MR) is 229 cm³/mol. The maximum Gasteiger partial charge on any atom is 0.472 e. The van der Waals surface area contributed by atoms with Crippen molar-refractivity contribution in [3.63, 3.8) is 0 Å². The normalized spacial score (nSPS) is 13.9. The maximum atomic E-state index is 12.1. The van der Waals surface area contributed by atoms with Gasteiger partial charge in [0.2, 0.25) is 5.91 Å². The second kappa shape index (κ2) is 41.3. The Morgan fingerprint density at radius 3 is 1.55 bits per heavy atom. The zero-order valence-electron chi connectivity index (χ0n) is 34.9. The molecule has 9 nitrogen and oxygen atoms in total. The lowest BCUT2D eigenvalue weighted by Crippen LogP contribution is -2.27. The molecule has 2 unspecified atom stereocenters. The molecule has 0 spiro atoms. The molecule has 3 N–H and O–H groups in total. The summed E-state index contributed by atoms with van der Waals surface area (Å²) in [6, 6.07) is 0. The van der Waals surface area contributed by atoms with E-state index < -0.39 is 26.5 Å². The fourth-order valence-electron chi connectivity index (χ4n) is 5.59. The second-order valence-corrected chi connectivity index (χ2v) is 15.8. The number of nitrogens with one attached hydrogen (secondary N) is 1. The van der Waals surface area contributed by atoms with Crippen LogP contribution < -0.4 is 5.32 Å². The molecule has 0 aliphatic carbocycles. The van der Waals surface area contributed by atoms with Gasteiger partial charge in [0.25, 0.3) is 0 Å². The van der Waals surface area contributed by atoms with Gasteiger partial charge in [0.1, 0.15) is 12.7 Å². The quantitative estimate of drug-likeness (QED) is 0.0242. The van der Waals surface area contributed by atoms with Crippen LogP contribution in [0, 0.1) is 0 Å². The highest BCUT2D eigenvalue weighted by Gasteiger charge is 2.23. The van der Waals surface area contributed by atoms with Crippen LogP contribution in [0.2, 0.25) is 0 Å². The summed E-state index contributed by atoms with van der Waals surface area (Å²) in [7, 11) is -4.43. The average Bonchev–Trinajstić information content (AvgIpc) is 3.17. The third kappa shape index (κ3) is 42.7. The summed E-state index contributed by atoms with van der Waals surface area (Å²) in [6.45, 7) is 3.46. The lowest BCUT2D eigenvalue weighted by atomic mass is 10.1. The molecule has 0 bridgehead atoms. The van der Waals surface area contributed by atoms with Gasteiger partial charge in [-0.1, -0.05) is 145 Å². The Hall–Kier alpha value is -2.29. The molecule has 0 fully saturated rings. The number of carbonyl (C=O) groups is 2. The van der Waals surface area contributed by atoms with Crippen LogP contribution in [0.25, 0.3) is 0 Å². The number of esters is 1. The second-order valence-electron chi connectivity index (χ2n) is 14.3. The lowest BCUT2D eigenvalue weighted by molar-refractivity contribution is -0.147. The highest BCUT2D eigenvalue weighted by atomic mass is 31.2. The minimum atomic E-state index is -4.43. The number of phosphoric acid groups is 1. The predicted octanol–water partition coefficient (Wildman–Crippen LogP) is 12.1. The third-order valence-electron chi connectivity index (χ3n) is 8.92. The summed E-state index contributed by atoms with van der Waals surface area (Å²) < 4.78 is 26.8. The fraction of sp³-hybridized carbons (Fsp3) is 0.733. The minimum Gasteiger partial charge on any atom is -0.463 e. The number of aliphatic hydroxyl groups is 1. The molecule has 0 aromatic rings. The Morgan fingerprint density at radius 2 is 0.982 bits per heavy atom. The Balaban J connectivity index is 3.68. The maximum absolute atomic E-state index is 12.1. The fourth-order valence-corrected chi connectivity index (χ4v) is 6.35. The Labute approximate surface area is 336 Å². The molecule has 0 rings (SSSR count). The molecular weight excluding hydrogens is 713 g/mol. The molecule has 10 heteroatoms. The van der Waals surface area contributed by atoms with Gasteiger partial charge in [-0.2, -0.15) is 0 Å². The topological polar surface area (TPSA) is 131 Å². The number of rotatable bonds is 40. The van der Waals surface area contributed by atoms with E-state index in [-0.39, 0.29) is 32.1 Å². The van der Waals surface area contributed by atoms with Crippen LogP contribution in [0.5, 0.6) is 0 Å². The van der Waals surface area contributed by atoms with Crippen molar-refractivity contribution in [1.29, 1.82) is 0 Å². The molecule has 1 amide bonds. The number of allylic oxidation sites excluding steroid dienone is 10. The van der Waals surface area contributed by atoms with Gasteiger partial charge in [0.05, 0.1) is 13.2 Å². The van der Waals surface area contributed by atoms with Crippen molar-refractivity contribution < 1.29 is 37.9 Å². The van der Waals surface area contributed by atoms with Crippen LogP contribution in [0.1, 0.15) is 181 Å². The number of aliphatic hydroxyl groups excluding tert-OH is 1. The number of amides is 1. The van der Waals surface area contributed by atoms with Gasteiger partial charge in [-0.05, 0) is 83.5 Å². The first kappa shape index (κ1) is 52.7. The number of hydrogen-bond donors (Lipinski definition) is 3. The van der Waals surface area contributed by atoms with Crippen molar-refractivity contribution in [2.45, 2.75) is 187 Å². The molecular formula is C45H80NO8P. The highest BCUT2D eigenvalue weighted by molar-refractivity contribution is 7.47. The average molecular weight is 794 g/mol. The van der Waals surface area contributed by atoms with Crippen LogP contribution in [0.3, 0.4) is 0 Å². The third-order valence-corrected chi connectivity index (χ3v) is 9.90. The van der Waals surface area contributed by atoms with Crippen molar-refractivity contribution in [2.75, 3.05) is 26.4 Å². The van der Waals surface area contributed by atoms with Crippen LogP contribution in [0.4, 0.5) is 0 Å². The zero-order valence-corrected chi connectivity index (χ0v) is 35.7. The van der Waals surface area contributed by atoms with Gasteiger partial charge in [0, 0.05) is 19.4 Å². The first-order valence-corrected chi connectivity index (χ1v) is 23.3. The standard InChI is InChI=1S/C45H80NO8P/c1-3-5-7-9-11-13-15-17-19-20-21-22-24-26-28-30-32-34-36-38-45(49)52-41-43(47)42-54-55(50,51)53-40-39-46-44(48)37-35-33-31-29-27-25-23-18-16-14-12-10-8-6-4-2/h11,13,17-19,21-23,26,28,43,47H,3-10,12,14-16,20,24-25,27,29-42H2,1-2H3,(H,46,48)(H,50,51)/b13-11-,19-17-,22-21-,23-18-,28-26-. The van der Waals surface area contributed by atoms with Crippen LogP contribution in [-0.4, -0.2) is 54.3 Å². The van der Waals surface area contributed by atoms with Gasteiger partial charge in [0.15, 0.2) is 0 Å². The van der Waals surface area contributed by atoms with E-state index in [4.69, 9.17) is 13.8 Å². The molecule has 0 heterocycles. The van der Waals surface area contributed by atoms with Gasteiger partial charge in [-0.25, -0.2) is 4.57 Å². The SMILES string of the molecule is CCCCC/C=C\C/C=C\C/C=C\C/C=C\CCCCCC(=O)OCC(O)COP(=O)(O)OCCNC(=O)CCCCCCC/C=C\CCCCCCCC. The van der Waals surface area contributed by atoms with Crippen LogP contribution in [-0.2, 0) is 27.9 Å².